The number of piperazine rings is 1. The van der Waals surface area contributed by atoms with Crippen molar-refractivity contribution in [3.8, 4) is 23.0 Å². The molecule has 1 N–H and O–H groups in total. The van der Waals surface area contributed by atoms with Gasteiger partial charge in [0, 0.05) is 35.1 Å². The smallest absolute Gasteiger partial charge is 0.246 e. The van der Waals surface area contributed by atoms with Crippen molar-refractivity contribution in [2.24, 2.45) is 0 Å². The molecule has 0 spiro atoms. The molecule has 2 aliphatic rings. The molecule has 2 unspecified atom stereocenters. The van der Waals surface area contributed by atoms with Crippen LogP contribution in [0, 0.1) is 0 Å². The molecule has 1 aromatic heterocycles. The van der Waals surface area contributed by atoms with Crippen molar-refractivity contribution in [3.05, 3.63) is 83.0 Å². The first-order chi connectivity index (χ1) is 19.5. The van der Waals surface area contributed by atoms with Crippen LogP contribution in [0.25, 0.3) is 10.9 Å². The molecule has 9 heteroatoms. The Morgan fingerprint density at radius 3 is 2.23 bits per heavy atom. The number of rotatable bonds is 7. The molecule has 3 aromatic carbocycles. The van der Waals surface area contributed by atoms with Crippen LogP contribution in [0.1, 0.15) is 28.4 Å². The first kappa shape index (κ1) is 25.6. The van der Waals surface area contributed by atoms with E-state index in [2.05, 4.69) is 11.1 Å². The Morgan fingerprint density at radius 2 is 1.52 bits per heavy atom. The van der Waals surface area contributed by atoms with Crippen molar-refractivity contribution < 1.29 is 28.5 Å². The number of carbonyl (C=O) groups is 2. The number of hydrogen-bond acceptors (Lipinski definition) is 6. The lowest BCUT2D eigenvalue weighted by Gasteiger charge is -2.47. The maximum Gasteiger partial charge on any atom is 0.246 e. The fraction of sp³-hybridized carbons (Fsp3) is 0.290. The van der Waals surface area contributed by atoms with Gasteiger partial charge in [0.15, 0.2) is 11.5 Å². The summed E-state index contributed by atoms with van der Waals surface area (Å²) in [6, 6.07) is 18.2. The van der Waals surface area contributed by atoms with Gasteiger partial charge in [0.25, 0.3) is 0 Å². The van der Waals surface area contributed by atoms with Gasteiger partial charge in [-0.2, -0.15) is 0 Å². The van der Waals surface area contributed by atoms with E-state index in [0.29, 0.717) is 29.4 Å². The van der Waals surface area contributed by atoms with Gasteiger partial charge in [-0.3, -0.25) is 9.59 Å². The number of para-hydroxylation sites is 2. The number of H-pyrrole nitrogens is 1. The predicted molar refractivity (Wildman–Crippen MR) is 149 cm³/mol. The van der Waals surface area contributed by atoms with Crippen LogP contribution in [0.2, 0.25) is 0 Å². The van der Waals surface area contributed by atoms with Gasteiger partial charge >= 0.3 is 0 Å². The number of ether oxygens (including phenoxy) is 4. The third-order valence-corrected chi connectivity index (χ3v) is 7.87. The predicted octanol–water partition coefficient (Wildman–Crippen LogP) is 4.09. The first-order valence-corrected chi connectivity index (χ1v) is 13.1. The summed E-state index contributed by atoms with van der Waals surface area (Å²) < 4.78 is 22.2. The van der Waals surface area contributed by atoms with Crippen LogP contribution in [0.5, 0.6) is 23.0 Å². The number of amides is 2. The topological polar surface area (TPSA) is 93.3 Å². The Labute approximate surface area is 232 Å². The molecule has 1 saturated heterocycles. The zero-order chi connectivity index (χ0) is 28.0. The van der Waals surface area contributed by atoms with Crippen molar-refractivity contribution in [1.29, 1.82) is 0 Å². The van der Waals surface area contributed by atoms with E-state index in [9.17, 15) is 9.59 Å². The highest BCUT2D eigenvalue weighted by molar-refractivity contribution is 5.97. The van der Waals surface area contributed by atoms with Crippen molar-refractivity contribution in [3.63, 3.8) is 0 Å². The van der Waals surface area contributed by atoms with E-state index in [1.807, 2.05) is 54.6 Å². The van der Waals surface area contributed by atoms with E-state index in [4.69, 9.17) is 18.9 Å². The van der Waals surface area contributed by atoms with E-state index >= 15 is 0 Å². The maximum atomic E-state index is 14.1. The second kappa shape index (κ2) is 10.1. The van der Waals surface area contributed by atoms with Gasteiger partial charge in [-0.25, -0.2) is 0 Å². The summed E-state index contributed by atoms with van der Waals surface area (Å²) in [4.78, 5) is 35.0. The minimum Gasteiger partial charge on any atom is -0.496 e. The van der Waals surface area contributed by atoms with Crippen LogP contribution in [0.3, 0.4) is 0 Å². The molecule has 2 aliphatic heterocycles. The SMILES string of the molecule is COc1ccccc1C1c2[nH]c3ccccc3c2CC2C(=O)N(Cc3cc(OC)c(OC)c(OC)c3)CC(=O)N21. The molecule has 0 radical (unpaired) electrons. The second-order valence-electron chi connectivity index (χ2n) is 9.96. The van der Waals surface area contributed by atoms with Gasteiger partial charge in [0.1, 0.15) is 24.4 Å². The Hall–Kier alpha value is -4.66. The summed E-state index contributed by atoms with van der Waals surface area (Å²) in [6.45, 7) is 0.179. The number of benzene rings is 3. The van der Waals surface area contributed by atoms with E-state index in [1.54, 1.807) is 38.2 Å². The molecule has 4 aromatic rings. The van der Waals surface area contributed by atoms with Gasteiger partial charge in [-0.15, -0.1) is 0 Å². The largest absolute Gasteiger partial charge is 0.496 e. The third-order valence-electron chi connectivity index (χ3n) is 7.87. The van der Waals surface area contributed by atoms with Crippen molar-refractivity contribution in [2.75, 3.05) is 35.0 Å². The fourth-order valence-corrected chi connectivity index (χ4v) is 6.12. The lowest BCUT2D eigenvalue weighted by atomic mass is 9.85. The zero-order valence-corrected chi connectivity index (χ0v) is 22.9. The molecule has 1 fully saturated rings. The number of aromatic amines is 1. The summed E-state index contributed by atoms with van der Waals surface area (Å²) in [6.07, 6.45) is 0.418. The van der Waals surface area contributed by atoms with Crippen molar-refractivity contribution in [2.45, 2.75) is 25.0 Å². The number of nitrogens with one attached hydrogen (secondary N) is 1. The third kappa shape index (κ3) is 4.00. The van der Waals surface area contributed by atoms with E-state index < -0.39 is 12.1 Å². The first-order valence-electron chi connectivity index (χ1n) is 13.1. The Bertz CT molecular complexity index is 1590. The minimum atomic E-state index is -0.662. The molecular weight excluding hydrogens is 510 g/mol. The van der Waals surface area contributed by atoms with Crippen LogP contribution in [0.15, 0.2) is 60.7 Å². The average molecular weight is 542 g/mol. The summed E-state index contributed by atoms with van der Waals surface area (Å²) in [5.41, 5.74) is 4.54. The zero-order valence-electron chi connectivity index (χ0n) is 22.9. The van der Waals surface area contributed by atoms with Crippen LogP contribution in [-0.4, -0.2) is 67.6 Å². The molecule has 3 heterocycles. The normalized spacial score (nSPS) is 18.4. The van der Waals surface area contributed by atoms with Crippen LogP contribution in [-0.2, 0) is 22.6 Å². The number of methoxy groups -OCH3 is 4. The second-order valence-corrected chi connectivity index (χ2v) is 9.96. The van der Waals surface area contributed by atoms with E-state index in [-0.39, 0.29) is 24.9 Å². The fourth-order valence-electron chi connectivity index (χ4n) is 6.12. The standard InChI is InChI=1S/C31H31N3O6/c1-37-24-12-8-6-10-20(24)29-28-21(19-9-5-7-11-22(19)32-28)15-23-31(36)33(17-27(35)34(23)29)16-18-13-25(38-2)30(40-4)26(14-18)39-3/h5-14,23,29,32H,15-17H2,1-4H3. The highest BCUT2D eigenvalue weighted by atomic mass is 16.5. The number of carbonyl (C=O) groups excluding carboxylic acids is 2. The van der Waals surface area contributed by atoms with Gasteiger partial charge in [0.2, 0.25) is 17.6 Å². The summed E-state index contributed by atoms with van der Waals surface area (Å²) in [5, 5.41) is 1.05. The average Bonchev–Trinajstić information content (AvgIpc) is 3.36. The minimum absolute atomic E-state index is 0.0484. The maximum absolute atomic E-state index is 14.1. The molecule has 0 bridgehead atoms. The van der Waals surface area contributed by atoms with E-state index in [1.165, 1.54) is 0 Å². The molecule has 206 valence electrons. The molecular formula is C31H31N3O6. The Morgan fingerprint density at radius 1 is 0.850 bits per heavy atom. The summed E-state index contributed by atoms with van der Waals surface area (Å²) in [5.74, 6) is 1.89. The van der Waals surface area contributed by atoms with Gasteiger partial charge in [-0.1, -0.05) is 36.4 Å². The van der Waals surface area contributed by atoms with Crippen LogP contribution < -0.4 is 18.9 Å². The lowest BCUT2D eigenvalue weighted by molar-refractivity contribution is -0.159. The highest BCUT2D eigenvalue weighted by Gasteiger charge is 2.48. The van der Waals surface area contributed by atoms with Crippen LogP contribution in [0.4, 0.5) is 0 Å². The van der Waals surface area contributed by atoms with E-state index in [0.717, 1.165) is 33.3 Å². The number of fused-ring (bicyclic) bond motifs is 4. The Balaban J connectivity index is 1.42. The molecule has 2 amide bonds. The molecule has 0 aliphatic carbocycles. The van der Waals surface area contributed by atoms with Crippen molar-refractivity contribution in [1.82, 2.24) is 14.8 Å². The number of hydrogen-bond donors (Lipinski definition) is 1. The van der Waals surface area contributed by atoms with Crippen LogP contribution >= 0.6 is 0 Å². The lowest BCUT2D eigenvalue weighted by Crippen LogP contribution is -2.62. The van der Waals surface area contributed by atoms with Crippen molar-refractivity contribution >= 4 is 22.7 Å². The summed E-state index contributed by atoms with van der Waals surface area (Å²) in [7, 11) is 6.26. The number of nitrogens with zero attached hydrogens (tertiary/aromatic N) is 2. The summed E-state index contributed by atoms with van der Waals surface area (Å²) >= 11 is 0. The monoisotopic (exact) mass is 541 g/mol. The molecule has 0 saturated carbocycles. The molecule has 40 heavy (non-hydrogen) atoms. The molecule has 6 rings (SSSR count). The molecule has 9 nitrogen and oxygen atoms in total. The highest BCUT2D eigenvalue weighted by Crippen LogP contribution is 2.45. The molecule has 2 atom stereocenters. The van der Waals surface area contributed by atoms with Gasteiger partial charge in [0.05, 0.1) is 28.4 Å². The quantitative estimate of drug-likeness (QED) is 0.379. The van der Waals surface area contributed by atoms with Gasteiger partial charge < -0.3 is 33.7 Å². The van der Waals surface area contributed by atoms with Gasteiger partial charge in [-0.05, 0) is 35.4 Å². The Kier molecular flexibility index (Phi) is 6.50. The number of aromatic nitrogens is 1.